The highest BCUT2D eigenvalue weighted by Crippen LogP contribution is 2.39. The van der Waals surface area contributed by atoms with Crippen LogP contribution in [0.25, 0.3) is 0 Å². The van der Waals surface area contributed by atoms with Crippen molar-refractivity contribution in [3.63, 3.8) is 0 Å². The molecule has 5 aliphatic heterocycles. The van der Waals surface area contributed by atoms with Crippen molar-refractivity contribution in [2.45, 2.75) is 67.1 Å². The first kappa shape index (κ1) is 67.8. The number of carbonyl (C=O) groups is 3. The van der Waals surface area contributed by atoms with Crippen molar-refractivity contribution in [1.29, 1.82) is 0 Å². The number of aryl methyl sites for hydroxylation is 2. The van der Waals surface area contributed by atoms with Crippen LogP contribution in [0.2, 0.25) is 0 Å². The molecule has 22 nitrogen and oxygen atoms in total. The Labute approximate surface area is 572 Å². The number of likely N-dealkylation sites (N-methyl/N-ethyl adjacent to an activating group) is 1. The zero-order valence-corrected chi connectivity index (χ0v) is 57.0. The Morgan fingerprint density at radius 3 is 1.45 bits per heavy atom. The van der Waals surface area contributed by atoms with Gasteiger partial charge in [-0.15, -0.1) is 0 Å². The molecule has 0 unspecified atom stereocenters. The molecule has 8 aromatic carbocycles. The summed E-state index contributed by atoms with van der Waals surface area (Å²) in [5.41, 5.74) is 7.70. The quantitative estimate of drug-likeness (QED) is 0.0841. The summed E-state index contributed by atoms with van der Waals surface area (Å²) < 4.78 is 105. The number of anilines is 8. The van der Waals surface area contributed by atoms with E-state index in [0.717, 1.165) is 60.5 Å². The number of sulfonamides is 3. The van der Waals surface area contributed by atoms with Crippen molar-refractivity contribution in [1.82, 2.24) is 9.55 Å². The fraction of sp³-hybridized carbons (Fsp3) is 0.260. The third-order valence-electron chi connectivity index (χ3n) is 17.4. The molecule has 0 aliphatic carbocycles. The smallest absolute Gasteiger partial charge is 0.283 e. The van der Waals surface area contributed by atoms with Crippen LogP contribution in [0.15, 0.2) is 221 Å². The molecular formula is C73H76N10O12S3. The summed E-state index contributed by atoms with van der Waals surface area (Å²) in [6, 6.07) is 59.7. The predicted molar refractivity (Wildman–Crippen MR) is 379 cm³/mol. The second-order valence-corrected chi connectivity index (χ2v) is 29.6. The summed E-state index contributed by atoms with van der Waals surface area (Å²) in [5, 5.41) is 2.71. The van der Waals surface area contributed by atoms with Crippen molar-refractivity contribution >= 4 is 93.3 Å². The number of amides is 3. The molecule has 0 radical (unpaired) electrons. The molecule has 1 aromatic heterocycles. The van der Waals surface area contributed by atoms with E-state index in [1.165, 1.54) is 25.0 Å². The molecule has 14 rings (SSSR count). The fourth-order valence-corrected chi connectivity index (χ4v) is 16.5. The first-order valence-corrected chi connectivity index (χ1v) is 36.6. The maximum absolute atomic E-state index is 14.0. The van der Waals surface area contributed by atoms with Gasteiger partial charge in [-0.2, -0.15) is 8.42 Å². The van der Waals surface area contributed by atoms with E-state index in [2.05, 4.69) is 15.2 Å². The van der Waals surface area contributed by atoms with Gasteiger partial charge in [0.25, 0.3) is 36.0 Å². The van der Waals surface area contributed by atoms with Crippen molar-refractivity contribution < 1.29 is 53.8 Å². The number of ether oxygens (including phenoxy) is 3. The van der Waals surface area contributed by atoms with Crippen molar-refractivity contribution in [3.05, 3.63) is 229 Å². The van der Waals surface area contributed by atoms with Crippen LogP contribution in [0.4, 0.5) is 45.5 Å². The number of imidazole rings is 1. The van der Waals surface area contributed by atoms with Gasteiger partial charge < -0.3 is 43.7 Å². The lowest BCUT2D eigenvalue weighted by molar-refractivity contribution is -0.119. The molecule has 0 atom stereocenters. The maximum Gasteiger partial charge on any atom is 0.283 e. The first-order valence-electron chi connectivity index (χ1n) is 32.3. The van der Waals surface area contributed by atoms with Gasteiger partial charge in [-0.05, 0) is 121 Å². The number of nitrogens with one attached hydrogen (secondary N) is 1. The number of hydrogen-bond acceptors (Lipinski definition) is 15. The van der Waals surface area contributed by atoms with Crippen LogP contribution in [0.5, 0.6) is 11.5 Å². The molecular weight excluding hydrogens is 1310 g/mol. The number of rotatable bonds is 18. The van der Waals surface area contributed by atoms with Gasteiger partial charge in [0.15, 0.2) is 11.6 Å². The minimum absolute atomic E-state index is 0.0237. The third kappa shape index (κ3) is 15.3. The van der Waals surface area contributed by atoms with E-state index in [4.69, 9.17) is 14.2 Å². The molecule has 508 valence electrons. The summed E-state index contributed by atoms with van der Waals surface area (Å²) in [6.07, 6.45) is 4.14. The largest absolute Gasteiger partial charge is 0.490 e. The molecule has 25 heteroatoms. The van der Waals surface area contributed by atoms with Crippen LogP contribution in [-0.4, -0.2) is 119 Å². The zero-order valence-electron chi connectivity index (χ0n) is 54.6. The number of fused-ring (bicyclic) bond motifs is 2. The van der Waals surface area contributed by atoms with E-state index >= 15 is 0 Å². The number of aromatic nitrogens is 2. The van der Waals surface area contributed by atoms with E-state index in [1.807, 2.05) is 139 Å². The van der Waals surface area contributed by atoms with Crippen LogP contribution in [-0.2, 0) is 75.9 Å². The molecule has 1 N–H and O–H groups in total. The summed E-state index contributed by atoms with van der Waals surface area (Å²) in [4.78, 5) is 48.5. The molecule has 0 bridgehead atoms. The van der Waals surface area contributed by atoms with Gasteiger partial charge in [-0.25, -0.2) is 21.8 Å². The second kappa shape index (κ2) is 29.6. The number of nitrogens with zero attached hydrogens (tertiary/aromatic N) is 9. The Morgan fingerprint density at radius 1 is 0.480 bits per heavy atom. The van der Waals surface area contributed by atoms with Crippen LogP contribution in [0.3, 0.4) is 0 Å². The minimum atomic E-state index is -4.03. The third-order valence-corrected chi connectivity index (χ3v) is 22.6. The van der Waals surface area contributed by atoms with Gasteiger partial charge in [0.05, 0.1) is 77.6 Å². The summed E-state index contributed by atoms with van der Waals surface area (Å²) in [5.74, 6) is 1.38. The zero-order chi connectivity index (χ0) is 68.6. The van der Waals surface area contributed by atoms with E-state index in [1.54, 1.807) is 95.2 Å². The van der Waals surface area contributed by atoms with Crippen LogP contribution < -0.4 is 47.3 Å². The summed E-state index contributed by atoms with van der Waals surface area (Å²) >= 11 is 0. The molecule has 98 heavy (non-hydrogen) atoms. The standard InChI is InChI=1S/C26H27N3O4S.C25H23N3O5S.C22H26N4O3S/c1-27-15-16-33-25-18-23(12-13-24(25)27)34(31,32)29(19-20-7-3-2-4-8-20)22-10-5-9-21(17-22)28-14-6-11-26(28)30;29-24-17-33-23-12-11-21(15-22(23)26-24)34(31,32)28(16-18-6-2-1-3-7-18)20-9-4-8-19(14-20)27-13-5-10-25(27)30;1-18-23-22(17-24(18)2)30(27,28)26(16-19-7-4-3-5-8-19)21-10-6-9-20(15-21)25-11-13-29-14-12-25/h2-5,7-10,12-13,17-18H,6,11,14-16,19H2,1H3;1-4,6-9,11-12,14-15H,5,10,13,16-17H2,(H,26,29);3-10,15,17H,11-14,16H2,1-2H3. The van der Waals surface area contributed by atoms with Crippen LogP contribution in [0.1, 0.15) is 48.2 Å². The average molecular weight is 1380 g/mol. The average Bonchev–Trinajstić information content (AvgIpc) is 0.974. The molecule has 3 saturated heterocycles. The molecule has 0 spiro atoms. The van der Waals surface area contributed by atoms with Crippen molar-refractivity contribution in [3.8, 4) is 11.5 Å². The van der Waals surface area contributed by atoms with Crippen LogP contribution >= 0.6 is 0 Å². The Balaban J connectivity index is 0.000000140. The predicted octanol–water partition coefficient (Wildman–Crippen LogP) is 10.5. The van der Waals surface area contributed by atoms with E-state index in [9.17, 15) is 39.6 Å². The SMILES string of the molecule is CN1CCOc2cc(S(=O)(=O)N(Cc3ccccc3)c3cccc(N4CCCC4=O)c3)ccc21.Cc1nc(S(=O)(=O)N(Cc2ccccc2)c2cccc(N3CCOCC3)c2)cn1C.O=C1COc2ccc(S(=O)(=O)N(Cc3ccccc3)c3cccc(N4CCCC4=O)c3)cc2N1. The van der Waals surface area contributed by atoms with E-state index < -0.39 is 30.1 Å². The molecule has 3 amide bonds. The summed E-state index contributed by atoms with van der Waals surface area (Å²) in [7, 11) is -8.05. The lowest BCUT2D eigenvalue weighted by Crippen LogP contribution is -2.36. The van der Waals surface area contributed by atoms with Gasteiger partial charge in [0.2, 0.25) is 11.8 Å². The normalized spacial score (nSPS) is 15.3. The van der Waals surface area contributed by atoms with Gasteiger partial charge in [0.1, 0.15) is 23.9 Å². The molecule has 6 heterocycles. The monoisotopic (exact) mass is 1380 g/mol. The lowest BCUT2D eigenvalue weighted by Gasteiger charge is -2.30. The Morgan fingerprint density at radius 2 is 0.959 bits per heavy atom. The fourth-order valence-electron chi connectivity index (χ4n) is 12.1. The van der Waals surface area contributed by atoms with Gasteiger partial charge in [-0.3, -0.25) is 27.3 Å². The highest BCUT2D eigenvalue weighted by atomic mass is 32.2. The van der Waals surface area contributed by atoms with E-state index in [-0.39, 0.29) is 58.8 Å². The number of hydrogen-bond donors (Lipinski definition) is 1. The van der Waals surface area contributed by atoms with Gasteiger partial charge in [0, 0.05) is 82.4 Å². The second-order valence-electron chi connectivity index (χ2n) is 24.1. The highest BCUT2D eigenvalue weighted by molar-refractivity contribution is 7.93. The maximum atomic E-state index is 14.0. The minimum Gasteiger partial charge on any atom is -0.490 e. The van der Waals surface area contributed by atoms with E-state index in [0.29, 0.717) is 97.2 Å². The van der Waals surface area contributed by atoms with Crippen molar-refractivity contribution in [2.24, 2.45) is 7.05 Å². The molecule has 0 saturated carbocycles. The number of carbonyl (C=O) groups excluding carboxylic acids is 3. The first-order chi connectivity index (χ1) is 47.3. The lowest BCUT2D eigenvalue weighted by atomic mass is 10.2. The highest BCUT2D eigenvalue weighted by Gasteiger charge is 2.33. The van der Waals surface area contributed by atoms with Gasteiger partial charge >= 0.3 is 0 Å². The molecule has 3 fully saturated rings. The molecule has 5 aliphatic rings. The van der Waals surface area contributed by atoms with Crippen molar-refractivity contribution in [2.75, 3.05) is 104 Å². The Bertz CT molecular complexity index is 4700. The van der Waals surface area contributed by atoms with Crippen LogP contribution in [0, 0.1) is 6.92 Å². The Kier molecular flexibility index (Phi) is 20.5. The topological polar surface area (TPSA) is 234 Å². The molecule has 9 aromatic rings. The van der Waals surface area contributed by atoms with Gasteiger partial charge in [-0.1, -0.05) is 109 Å². The number of morpholine rings is 1. The Hall–Kier alpha value is -10.2. The summed E-state index contributed by atoms with van der Waals surface area (Å²) in [6.45, 7) is 7.59. The number of benzene rings is 8.